The molecule has 15 heavy (non-hydrogen) atoms. The second-order valence-electron chi connectivity index (χ2n) is 4.39. The van der Waals surface area contributed by atoms with E-state index in [0.717, 1.165) is 19.5 Å². The van der Waals surface area contributed by atoms with Crippen molar-refractivity contribution in [1.82, 2.24) is 4.90 Å². The van der Waals surface area contributed by atoms with Crippen LogP contribution >= 0.6 is 12.2 Å². The van der Waals surface area contributed by atoms with Crippen molar-refractivity contribution < 1.29 is 4.79 Å². The van der Waals surface area contributed by atoms with Crippen molar-refractivity contribution in [3.63, 3.8) is 0 Å². The summed E-state index contributed by atoms with van der Waals surface area (Å²) in [6.07, 6.45) is 3.02. The SMILES string of the molecule is CCC(C(=O)N1CCCC(C)C1)C(N)=S. The summed E-state index contributed by atoms with van der Waals surface area (Å²) in [4.78, 5) is 14.3. The fourth-order valence-electron chi connectivity index (χ4n) is 2.11. The zero-order valence-corrected chi connectivity index (χ0v) is 10.3. The van der Waals surface area contributed by atoms with Crippen molar-refractivity contribution in [3.05, 3.63) is 0 Å². The van der Waals surface area contributed by atoms with Gasteiger partial charge >= 0.3 is 0 Å². The predicted molar refractivity (Wildman–Crippen MR) is 65.5 cm³/mol. The molecule has 1 rings (SSSR count). The van der Waals surface area contributed by atoms with E-state index in [2.05, 4.69) is 6.92 Å². The molecule has 0 aliphatic carbocycles. The minimum atomic E-state index is -0.259. The zero-order chi connectivity index (χ0) is 11.4. The third-order valence-electron chi connectivity index (χ3n) is 3.02. The maximum absolute atomic E-state index is 12.1. The molecule has 2 unspecified atom stereocenters. The highest BCUT2D eigenvalue weighted by Crippen LogP contribution is 2.18. The van der Waals surface area contributed by atoms with Crippen LogP contribution in [0.3, 0.4) is 0 Å². The number of piperidine rings is 1. The Morgan fingerprint density at radius 2 is 2.33 bits per heavy atom. The molecule has 86 valence electrons. The summed E-state index contributed by atoms with van der Waals surface area (Å²) in [5, 5.41) is 0. The standard InChI is InChI=1S/C11H20N2OS/c1-3-9(10(12)15)11(14)13-6-4-5-8(2)7-13/h8-9H,3-7H2,1-2H3,(H2,12,15). The summed E-state index contributed by atoms with van der Waals surface area (Å²) < 4.78 is 0. The van der Waals surface area contributed by atoms with Crippen molar-refractivity contribution in [2.75, 3.05) is 13.1 Å². The number of likely N-dealkylation sites (tertiary alicyclic amines) is 1. The van der Waals surface area contributed by atoms with Gasteiger partial charge < -0.3 is 10.6 Å². The van der Waals surface area contributed by atoms with Gasteiger partial charge in [0.25, 0.3) is 0 Å². The topological polar surface area (TPSA) is 46.3 Å². The van der Waals surface area contributed by atoms with Gasteiger partial charge in [0.15, 0.2) is 0 Å². The smallest absolute Gasteiger partial charge is 0.232 e. The summed E-state index contributed by atoms with van der Waals surface area (Å²) in [5.74, 6) is 0.466. The minimum absolute atomic E-state index is 0.122. The van der Waals surface area contributed by atoms with Gasteiger partial charge in [0.05, 0.1) is 10.9 Å². The molecule has 1 fully saturated rings. The molecule has 1 saturated heterocycles. The van der Waals surface area contributed by atoms with Crippen molar-refractivity contribution in [1.29, 1.82) is 0 Å². The third kappa shape index (κ3) is 3.16. The highest BCUT2D eigenvalue weighted by molar-refractivity contribution is 7.80. The molecule has 1 aliphatic rings. The highest BCUT2D eigenvalue weighted by Gasteiger charge is 2.27. The lowest BCUT2D eigenvalue weighted by molar-refractivity contribution is -0.135. The van der Waals surface area contributed by atoms with E-state index in [9.17, 15) is 4.79 Å². The average molecular weight is 228 g/mol. The van der Waals surface area contributed by atoms with Gasteiger partial charge in [-0.05, 0) is 25.2 Å². The highest BCUT2D eigenvalue weighted by atomic mass is 32.1. The van der Waals surface area contributed by atoms with E-state index in [1.165, 1.54) is 6.42 Å². The second kappa shape index (κ2) is 5.45. The minimum Gasteiger partial charge on any atom is -0.393 e. The lowest BCUT2D eigenvalue weighted by Gasteiger charge is -2.33. The molecule has 3 nitrogen and oxygen atoms in total. The normalized spacial score (nSPS) is 23.6. The molecular formula is C11H20N2OS. The van der Waals surface area contributed by atoms with Crippen LogP contribution in [0, 0.1) is 11.8 Å². The number of nitrogens with zero attached hydrogens (tertiary/aromatic N) is 1. The van der Waals surface area contributed by atoms with Gasteiger partial charge in [-0.1, -0.05) is 26.1 Å². The van der Waals surface area contributed by atoms with E-state index < -0.39 is 0 Å². The first kappa shape index (κ1) is 12.4. The molecule has 2 atom stereocenters. The van der Waals surface area contributed by atoms with Gasteiger partial charge in [-0.3, -0.25) is 4.79 Å². The van der Waals surface area contributed by atoms with Crippen molar-refractivity contribution in [3.8, 4) is 0 Å². The lowest BCUT2D eigenvalue weighted by Crippen LogP contribution is -2.45. The van der Waals surface area contributed by atoms with Gasteiger partial charge in [0, 0.05) is 13.1 Å². The molecule has 1 aliphatic heterocycles. The molecule has 0 saturated carbocycles. The van der Waals surface area contributed by atoms with Gasteiger partial charge in [0.2, 0.25) is 5.91 Å². The molecule has 0 aromatic rings. The maximum atomic E-state index is 12.1. The van der Waals surface area contributed by atoms with Crippen molar-refractivity contribution in [2.24, 2.45) is 17.6 Å². The maximum Gasteiger partial charge on any atom is 0.232 e. The summed E-state index contributed by atoms with van der Waals surface area (Å²) >= 11 is 4.92. The number of hydrogen-bond donors (Lipinski definition) is 1. The van der Waals surface area contributed by atoms with Crippen LogP contribution in [0.5, 0.6) is 0 Å². The third-order valence-corrected chi connectivity index (χ3v) is 3.30. The Kier molecular flexibility index (Phi) is 4.51. The van der Waals surface area contributed by atoms with Gasteiger partial charge in [0.1, 0.15) is 0 Å². The van der Waals surface area contributed by atoms with Crippen LogP contribution in [-0.4, -0.2) is 28.9 Å². The largest absolute Gasteiger partial charge is 0.393 e. The first-order valence-corrected chi connectivity index (χ1v) is 6.05. The molecular weight excluding hydrogens is 208 g/mol. The van der Waals surface area contributed by atoms with E-state index in [-0.39, 0.29) is 11.8 Å². The lowest BCUT2D eigenvalue weighted by atomic mass is 9.97. The van der Waals surface area contributed by atoms with Crippen LogP contribution in [0.1, 0.15) is 33.1 Å². The van der Waals surface area contributed by atoms with Crippen LogP contribution in [0.15, 0.2) is 0 Å². The molecule has 1 amide bonds. The molecule has 1 heterocycles. The van der Waals surface area contributed by atoms with Crippen molar-refractivity contribution in [2.45, 2.75) is 33.1 Å². The van der Waals surface area contributed by atoms with Crippen molar-refractivity contribution >= 4 is 23.1 Å². The number of amides is 1. The van der Waals surface area contributed by atoms with Gasteiger partial charge in [-0.2, -0.15) is 0 Å². The first-order chi connectivity index (χ1) is 7.06. The molecule has 2 N–H and O–H groups in total. The second-order valence-corrected chi connectivity index (χ2v) is 4.87. The number of rotatable bonds is 3. The molecule has 0 aromatic carbocycles. The number of nitrogens with two attached hydrogens (primary N) is 1. The van der Waals surface area contributed by atoms with E-state index >= 15 is 0 Å². The number of carbonyl (C=O) groups excluding carboxylic acids is 1. The van der Waals surface area contributed by atoms with Crippen LogP contribution in [0.4, 0.5) is 0 Å². The molecule has 0 spiro atoms. The van der Waals surface area contributed by atoms with E-state index in [1.807, 2.05) is 11.8 Å². The summed E-state index contributed by atoms with van der Waals surface area (Å²) in [6.45, 7) is 5.86. The Balaban J connectivity index is 2.61. The van der Waals surface area contributed by atoms with Crippen LogP contribution in [0.2, 0.25) is 0 Å². The van der Waals surface area contributed by atoms with E-state index in [4.69, 9.17) is 18.0 Å². The zero-order valence-electron chi connectivity index (χ0n) is 9.53. The average Bonchev–Trinajstić information content (AvgIpc) is 2.18. The Hall–Kier alpha value is -0.640. The van der Waals surface area contributed by atoms with E-state index in [1.54, 1.807) is 0 Å². The summed E-state index contributed by atoms with van der Waals surface area (Å²) in [6, 6.07) is 0. The molecule has 0 bridgehead atoms. The monoisotopic (exact) mass is 228 g/mol. The Labute approximate surface area is 97.0 Å². The quantitative estimate of drug-likeness (QED) is 0.746. The molecule has 0 aromatic heterocycles. The number of thiocarbonyl (C=S) groups is 1. The van der Waals surface area contributed by atoms with E-state index in [0.29, 0.717) is 17.3 Å². The fourth-order valence-corrected chi connectivity index (χ4v) is 2.37. The molecule has 4 heteroatoms. The van der Waals surface area contributed by atoms with Crippen LogP contribution < -0.4 is 5.73 Å². The first-order valence-electron chi connectivity index (χ1n) is 5.64. The van der Waals surface area contributed by atoms with Gasteiger partial charge in [-0.15, -0.1) is 0 Å². The Morgan fingerprint density at radius 3 is 2.80 bits per heavy atom. The van der Waals surface area contributed by atoms with Gasteiger partial charge in [-0.25, -0.2) is 0 Å². The number of carbonyl (C=O) groups is 1. The molecule has 0 radical (unpaired) electrons. The Morgan fingerprint density at radius 1 is 1.67 bits per heavy atom. The predicted octanol–water partition coefficient (Wildman–Crippen LogP) is 1.56. The summed E-state index contributed by atoms with van der Waals surface area (Å²) in [7, 11) is 0. The summed E-state index contributed by atoms with van der Waals surface area (Å²) in [5.41, 5.74) is 5.57. The Bertz CT molecular complexity index is 255. The number of hydrogen-bond acceptors (Lipinski definition) is 2. The van der Waals surface area contributed by atoms with Crippen LogP contribution in [0.25, 0.3) is 0 Å². The van der Waals surface area contributed by atoms with Crippen LogP contribution in [-0.2, 0) is 4.79 Å². The fraction of sp³-hybridized carbons (Fsp3) is 0.818.